The lowest BCUT2D eigenvalue weighted by Crippen LogP contribution is -2.38. The second-order valence-electron chi connectivity index (χ2n) is 10.5. The third-order valence-electron chi connectivity index (χ3n) is 7.61. The summed E-state index contributed by atoms with van der Waals surface area (Å²) in [5.41, 5.74) is 12.6. The van der Waals surface area contributed by atoms with Gasteiger partial charge >= 0.3 is 0 Å². The van der Waals surface area contributed by atoms with E-state index in [0.29, 0.717) is 24.6 Å². The van der Waals surface area contributed by atoms with Gasteiger partial charge in [0.2, 0.25) is 15.9 Å². The van der Waals surface area contributed by atoms with Gasteiger partial charge in [-0.25, -0.2) is 12.7 Å². The Morgan fingerprint density at radius 3 is 2.63 bits per heavy atom. The van der Waals surface area contributed by atoms with Gasteiger partial charge in [-0.05, 0) is 49.1 Å². The zero-order valence-corrected chi connectivity index (χ0v) is 24.9. The van der Waals surface area contributed by atoms with Crippen molar-refractivity contribution in [3.05, 3.63) is 77.7 Å². The van der Waals surface area contributed by atoms with E-state index in [2.05, 4.69) is 38.5 Å². The highest BCUT2D eigenvalue weighted by Crippen LogP contribution is 2.36. The predicted octanol–water partition coefficient (Wildman–Crippen LogP) is 4.16. The average molecular weight is 593 g/mol. The number of H-pyrrole nitrogens is 1. The number of hydrogen-bond acceptors (Lipinski definition) is 5. The highest BCUT2D eigenvalue weighted by molar-refractivity contribution is 7.88. The number of aromatic amines is 1. The number of rotatable bonds is 10. The molecule has 0 bridgehead atoms. The summed E-state index contributed by atoms with van der Waals surface area (Å²) in [6.45, 7) is 4.22. The van der Waals surface area contributed by atoms with Crippen LogP contribution in [0.15, 0.2) is 60.9 Å². The van der Waals surface area contributed by atoms with Crippen molar-refractivity contribution in [1.82, 2.24) is 19.2 Å². The summed E-state index contributed by atoms with van der Waals surface area (Å²) in [7, 11) is -3.22. The summed E-state index contributed by atoms with van der Waals surface area (Å²) in [6, 6.07) is 16.3. The van der Waals surface area contributed by atoms with Crippen LogP contribution in [0, 0.1) is 0 Å². The number of benzene rings is 2. The number of nitrogens with zero attached hydrogens (tertiary/aromatic N) is 2. The normalized spacial score (nSPS) is 14.8. The van der Waals surface area contributed by atoms with Crippen molar-refractivity contribution in [3.8, 4) is 11.1 Å². The Morgan fingerprint density at radius 1 is 1.15 bits per heavy atom. The average Bonchev–Trinajstić information content (AvgIpc) is 3.56. The number of carbonyl (C=O) groups excluding carboxylic acids is 1. The fourth-order valence-electron chi connectivity index (χ4n) is 5.52. The second kappa shape index (κ2) is 12.1. The van der Waals surface area contributed by atoms with E-state index in [-0.39, 0.29) is 18.4 Å². The van der Waals surface area contributed by atoms with E-state index in [1.54, 1.807) is 4.31 Å². The first-order chi connectivity index (χ1) is 19.6. The van der Waals surface area contributed by atoms with E-state index in [1.807, 2.05) is 49.5 Å². The SMILES string of the molecule is CCNc1c[nH]c(CC(=O)NCc2ccc3c(-c4cccc(C(N)=S)c4)cn(C4CCN(S(C)(=O)=O)CC4)c3c2)c1. The van der Waals surface area contributed by atoms with Crippen LogP contribution in [0.3, 0.4) is 0 Å². The maximum atomic E-state index is 12.7. The van der Waals surface area contributed by atoms with Gasteiger partial charge in [0.25, 0.3) is 0 Å². The molecule has 5 N–H and O–H groups in total. The minimum absolute atomic E-state index is 0.0613. The zero-order chi connectivity index (χ0) is 29.1. The van der Waals surface area contributed by atoms with Gasteiger partial charge in [-0.3, -0.25) is 4.79 Å². The Morgan fingerprint density at radius 2 is 1.93 bits per heavy atom. The van der Waals surface area contributed by atoms with Gasteiger partial charge in [0.1, 0.15) is 4.99 Å². The number of hydrogen-bond donors (Lipinski definition) is 4. The van der Waals surface area contributed by atoms with Crippen LogP contribution in [-0.4, -0.2) is 59.1 Å². The fraction of sp³-hybridized carbons (Fsp3) is 0.333. The van der Waals surface area contributed by atoms with Crippen molar-refractivity contribution in [3.63, 3.8) is 0 Å². The number of fused-ring (bicyclic) bond motifs is 1. The van der Waals surface area contributed by atoms with Crippen LogP contribution in [0.5, 0.6) is 0 Å². The molecular formula is C30H36N6O3S2. The Balaban J connectivity index is 1.41. The molecule has 216 valence electrons. The lowest BCUT2D eigenvalue weighted by molar-refractivity contribution is -0.120. The highest BCUT2D eigenvalue weighted by atomic mass is 32.2. The van der Waals surface area contributed by atoms with Crippen LogP contribution in [-0.2, 0) is 27.8 Å². The van der Waals surface area contributed by atoms with Gasteiger partial charge in [-0.15, -0.1) is 0 Å². The molecule has 1 aliphatic rings. The summed E-state index contributed by atoms with van der Waals surface area (Å²) in [5.74, 6) is -0.0613. The van der Waals surface area contributed by atoms with Crippen molar-refractivity contribution in [2.45, 2.75) is 38.8 Å². The van der Waals surface area contributed by atoms with E-state index in [1.165, 1.54) is 6.26 Å². The standard InChI is InChI=1S/C30H36N6O3S2/c1-3-32-24-15-23(33-18-24)16-29(37)34-17-20-7-8-26-27(21-5-4-6-22(14-21)30(31)40)19-36(28(26)13-20)25-9-11-35(12-10-25)41(2,38)39/h4-8,13-15,18-19,25,32-33H,3,9-12,16-17H2,1-2H3,(H2,31,40)(H,34,37). The summed E-state index contributed by atoms with van der Waals surface area (Å²) >= 11 is 5.22. The summed E-state index contributed by atoms with van der Waals surface area (Å²) in [4.78, 5) is 16.2. The van der Waals surface area contributed by atoms with Crippen LogP contribution in [0.4, 0.5) is 5.69 Å². The molecule has 2 aromatic heterocycles. The van der Waals surface area contributed by atoms with Gasteiger partial charge in [0.15, 0.2) is 0 Å². The minimum atomic E-state index is -3.22. The number of aromatic nitrogens is 2. The molecule has 11 heteroatoms. The number of piperidine rings is 1. The molecule has 41 heavy (non-hydrogen) atoms. The fourth-order valence-corrected chi connectivity index (χ4v) is 6.52. The smallest absolute Gasteiger partial charge is 0.226 e. The molecule has 0 radical (unpaired) electrons. The van der Waals surface area contributed by atoms with Crippen molar-refractivity contribution in [1.29, 1.82) is 0 Å². The first-order valence-electron chi connectivity index (χ1n) is 13.8. The van der Waals surface area contributed by atoms with Crippen LogP contribution in [0.1, 0.15) is 42.6 Å². The highest BCUT2D eigenvalue weighted by Gasteiger charge is 2.27. The third kappa shape index (κ3) is 6.64. The Hall–Kier alpha value is -3.67. The largest absolute Gasteiger partial charge is 0.389 e. The molecular weight excluding hydrogens is 557 g/mol. The molecule has 2 aromatic carbocycles. The Kier molecular flexibility index (Phi) is 8.48. The monoisotopic (exact) mass is 592 g/mol. The lowest BCUT2D eigenvalue weighted by atomic mass is 10.0. The molecule has 1 aliphatic heterocycles. The molecule has 0 aliphatic carbocycles. The molecule has 1 amide bonds. The van der Waals surface area contributed by atoms with Gasteiger partial charge in [0, 0.05) is 72.3 Å². The minimum Gasteiger partial charge on any atom is -0.389 e. The van der Waals surface area contributed by atoms with Crippen molar-refractivity contribution < 1.29 is 13.2 Å². The molecule has 0 spiro atoms. The van der Waals surface area contributed by atoms with Gasteiger partial charge in [-0.1, -0.05) is 42.5 Å². The summed E-state index contributed by atoms with van der Waals surface area (Å²) in [5, 5.41) is 7.35. The molecule has 1 saturated heterocycles. The van der Waals surface area contributed by atoms with Crippen LogP contribution < -0.4 is 16.4 Å². The number of thiocarbonyl (C=S) groups is 1. The second-order valence-corrected chi connectivity index (χ2v) is 13.0. The zero-order valence-electron chi connectivity index (χ0n) is 23.3. The maximum absolute atomic E-state index is 12.7. The molecule has 0 saturated carbocycles. The van der Waals surface area contributed by atoms with Crippen molar-refractivity contribution in [2.75, 3.05) is 31.2 Å². The summed E-state index contributed by atoms with van der Waals surface area (Å²) in [6.07, 6.45) is 6.99. The molecule has 0 unspecified atom stereocenters. The number of anilines is 1. The number of sulfonamides is 1. The van der Waals surface area contributed by atoms with Crippen LogP contribution in [0.25, 0.3) is 22.0 Å². The van der Waals surface area contributed by atoms with Gasteiger partial charge in [-0.2, -0.15) is 0 Å². The molecule has 3 heterocycles. The molecule has 1 fully saturated rings. The van der Waals surface area contributed by atoms with E-state index >= 15 is 0 Å². The van der Waals surface area contributed by atoms with Gasteiger partial charge < -0.3 is 25.9 Å². The number of nitrogens with one attached hydrogen (secondary N) is 3. The van der Waals surface area contributed by atoms with Crippen molar-refractivity contribution in [2.24, 2.45) is 5.73 Å². The Bertz CT molecular complexity index is 1680. The van der Waals surface area contributed by atoms with E-state index in [0.717, 1.165) is 63.9 Å². The quantitative estimate of drug-likeness (QED) is 0.205. The van der Waals surface area contributed by atoms with Crippen molar-refractivity contribution >= 4 is 49.7 Å². The molecule has 0 atom stereocenters. The van der Waals surface area contributed by atoms with E-state index in [4.69, 9.17) is 18.0 Å². The third-order valence-corrected chi connectivity index (χ3v) is 9.15. The molecule has 4 aromatic rings. The lowest BCUT2D eigenvalue weighted by Gasteiger charge is -2.31. The van der Waals surface area contributed by atoms with Crippen LogP contribution >= 0.6 is 12.2 Å². The molecule has 9 nitrogen and oxygen atoms in total. The summed E-state index contributed by atoms with van der Waals surface area (Å²) < 4.78 is 28.0. The first kappa shape index (κ1) is 28.8. The molecule has 5 rings (SSSR count). The number of nitrogens with two attached hydrogens (primary N) is 1. The van der Waals surface area contributed by atoms with E-state index in [9.17, 15) is 13.2 Å². The Labute approximate surface area is 246 Å². The predicted molar refractivity (Wildman–Crippen MR) is 168 cm³/mol. The first-order valence-corrected chi connectivity index (χ1v) is 16.0. The topological polar surface area (TPSA) is 125 Å². The van der Waals surface area contributed by atoms with Gasteiger partial charge in [0.05, 0.1) is 18.4 Å². The van der Waals surface area contributed by atoms with Crippen LogP contribution in [0.2, 0.25) is 0 Å². The number of carbonyl (C=O) groups is 1. The maximum Gasteiger partial charge on any atom is 0.226 e. The van der Waals surface area contributed by atoms with E-state index < -0.39 is 10.0 Å². The number of amides is 1.